The van der Waals surface area contributed by atoms with Crippen molar-refractivity contribution in [3.63, 3.8) is 0 Å². The summed E-state index contributed by atoms with van der Waals surface area (Å²) in [4.78, 5) is 30.1. The fourth-order valence-corrected chi connectivity index (χ4v) is 4.31. The average Bonchev–Trinajstić information content (AvgIpc) is 3.05. The van der Waals surface area contributed by atoms with E-state index in [1.807, 2.05) is 35.1 Å². The molecule has 2 aromatic heterocycles. The highest BCUT2D eigenvalue weighted by molar-refractivity contribution is 7.90. The van der Waals surface area contributed by atoms with Gasteiger partial charge in [0.1, 0.15) is 5.56 Å². The van der Waals surface area contributed by atoms with Gasteiger partial charge < -0.3 is 0 Å². The molecule has 0 fully saturated rings. The van der Waals surface area contributed by atoms with Crippen LogP contribution in [0.2, 0.25) is 0 Å². The maximum absolute atomic E-state index is 13.0. The predicted octanol–water partition coefficient (Wildman–Crippen LogP) is 2.43. The van der Waals surface area contributed by atoms with E-state index < -0.39 is 21.5 Å². The lowest BCUT2D eigenvalue weighted by molar-refractivity contribution is 0.0978. The van der Waals surface area contributed by atoms with E-state index in [4.69, 9.17) is 0 Å². The predicted molar refractivity (Wildman–Crippen MR) is 112 cm³/mol. The van der Waals surface area contributed by atoms with E-state index in [1.54, 1.807) is 25.1 Å². The van der Waals surface area contributed by atoms with Crippen molar-refractivity contribution in [3.8, 4) is 11.1 Å². The van der Waals surface area contributed by atoms with Crippen molar-refractivity contribution in [2.75, 3.05) is 0 Å². The van der Waals surface area contributed by atoms with Gasteiger partial charge in [-0.3, -0.25) is 14.7 Å². The van der Waals surface area contributed by atoms with Crippen molar-refractivity contribution in [3.05, 3.63) is 88.0 Å². The van der Waals surface area contributed by atoms with Crippen LogP contribution in [0.3, 0.4) is 0 Å². The van der Waals surface area contributed by atoms with E-state index in [0.29, 0.717) is 11.3 Å². The molecule has 8 nitrogen and oxygen atoms in total. The molecule has 0 spiro atoms. The molecule has 9 heteroatoms. The molecule has 0 saturated carbocycles. The van der Waals surface area contributed by atoms with Crippen LogP contribution in [0.4, 0.5) is 0 Å². The Morgan fingerprint density at radius 3 is 2.23 bits per heavy atom. The van der Waals surface area contributed by atoms with E-state index in [0.717, 1.165) is 15.6 Å². The van der Waals surface area contributed by atoms with Crippen LogP contribution in [0.1, 0.15) is 21.7 Å². The summed E-state index contributed by atoms with van der Waals surface area (Å²) >= 11 is 0. The summed E-state index contributed by atoms with van der Waals surface area (Å²) in [7, 11) is -4.13. The molecule has 2 aromatic carbocycles. The maximum atomic E-state index is 13.0. The van der Waals surface area contributed by atoms with Crippen molar-refractivity contribution in [1.29, 1.82) is 0 Å². The van der Waals surface area contributed by atoms with Gasteiger partial charge in [-0.2, -0.15) is 0 Å². The molecule has 0 radical (unpaired) electrons. The molecule has 0 aliphatic heterocycles. The lowest BCUT2D eigenvalue weighted by atomic mass is 10.1. The molecule has 0 bridgehead atoms. The fraction of sp³-hybridized carbons (Fsp3) is 0.0952. The minimum Gasteiger partial charge on any atom is -0.293 e. The zero-order valence-electron chi connectivity index (χ0n) is 16.2. The minimum absolute atomic E-state index is 0.0766. The highest BCUT2D eigenvalue weighted by Gasteiger charge is 2.25. The van der Waals surface area contributed by atoms with Gasteiger partial charge in [-0.15, -0.1) is 0 Å². The number of H-pyrrole nitrogens is 1. The first kappa shape index (κ1) is 19.6. The Morgan fingerprint density at radius 1 is 1.00 bits per heavy atom. The van der Waals surface area contributed by atoms with E-state index in [2.05, 4.69) is 10.1 Å². The number of sulfonamides is 1. The Morgan fingerprint density at radius 2 is 1.60 bits per heavy atom. The molecule has 2 heterocycles. The van der Waals surface area contributed by atoms with E-state index >= 15 is 0 Å². The Hall–Kier alpha value is -3.72. The Bertz CT molecular complexity index is 1420. The van der Waals surface area contributed by atoms with Crippen molar-refractivity contribution in [2.45, 2.75) is 18.7 Å². The molecule has 0 saturated heterocycles. The van der Waals surface area contributed by atoms with Crippen molar-refractivity contribution in [2.24, 2.45) is 0 Å². The van der Waals surface area contributed by atoms with Gasteiger partial charge in [-0.05, 0) is 31.5 Å². The van der Waals surface area contributed by atoms with Gasteiger partial charge in [0.2, 0.25) is 0 Å². The lowest BCUT2D eigenvalue weighted by Gasteiger charge is -2.09. The van der Waals surface area contributed by atoms with Crippen molar-refractivity contribution >= 4 is 21.6 Å². The van der Waals surface area contributed by atoms with E-state index in [-0.39, 0.29) is 16.2 Å². The highest BCUT2D eigenvalue weighted by Crippen LogP contribution is 2.26. The number of carbonyl (C=O) groups excluding carboxylic acids is 1. The lowest BCUT2D eigenvalue weighted by Crippen LogP contribution is -2.36. The average molecular weight is 422 g/mol. The first-order valence-electron chi connectivity index (χ1n) is 9.09. The molecular formula is C21H18N4O4S. The normalized spacial score (nSPS) is 11.5. The van der Waals surface area contributed by atoms with Gasteiger partial charge in [0.05, 0.1) is 10.6 Å². The largest absolute Gasteiger partial charge is 0.293 e. The number of aryl methyl sites for hydroxylation is 2. The van der Waals surface area contributed by atoms with Crippen LogP contribution in [0, 0.1) is 13.8 Å². The number of rotatable bonds is 4. The zero-order chi connectivity index (χ0) is 21.5. The van der Waals surface area contributed by atoms with Crippen LogP contribution in [0.15, 0.2) is 70.4 Å². The summed E-state index contributed by atoms with van der Waals surface area (Å²) < 4.78 is 28.1. The molecule has 2 N–H and O–H groups in total. The second-order valence-electron chi connectivity index (χ2n) is 6.76. The number of aromatic nitrogens is 3. The number of hydrogen-bond donors (Lipinski definition) is 2. The topological polar surface area (TPSA) is 113 Å². The minimum atomic E-state index is -4.13. The third-order valence-corrected chi connectivity index (χ3v) is 6.06. The first-order valence-corrected chi connectivity index (χ1v) is 10.6. The van der Waals surface area contributed by atoms with Crippen LogP contribution in [-0.4, -0.2) is 28.9 Å². The molecule has 30 heavy (non-hydrogen) atoms. The van der Waals surface area contributed by atoms with Crippen LogP contribution in [0.25, 0.3) is 16.8 Å². The number of fused-ring (bicyclic) bond motifs is 1. The summed E-state index contributed by atoms with van der Waals surface area (Å²) in [6, 6.07) is 16.9. The number of hydrogen-bond acceptors (Lipinski definition) is 5. The van der Waals surface area contributed by atoms with Crippen LogP contribution in [-0.2, 0) is 10.0 Å². The van der Waals surface area contributed by atoms with Crippen molar-refractivity contribution in [1.82, 2.24) is 19.3 Å². The standard InChI is InChI=1S/C21H18N4O4S/c1-13-18(20(26)24-30(28,29)16-11-7-4-8-12-16)21(27)25-19(22-13)17(14(2)23-25)15-9-5-3-6-10-15/h3-12,23H,1-2H3,(H,24,26). The summed E-state index contributed by atoms with van der Waals surface area (Å²) in [5.41, 5.74) is 1.78. The van der Waals surface area contributed by atoms with Gasteiger partial charge in [-0.25, -0.2) is 22.6 Å². The summed E-state index contributed by atoms with van der Waals surface area (Å²) in [6.45, 7) is 3.30. The molecule has 152 valence electrons. The number of aromatic amines is 1. The maximum Gasteiger partial charge on any atom is 0.285 e. The summed E-state index contributed by atoms with van der Waals surface area (Å²) in [6.07, 6.45) is 0. The second kappa shape index (κ2) is 7.27. The Kier molecular flexibility index (Phi) is 4.75. The number of carbonyl (C=O) groups is 1. The zero-order valence-corrected chi connectivity index (χ0v) is 17.0. The molecule has 4 rings (SSSR count). The van der Waals surface area contributed by atoms with Crippen molar-refractivity contribution < 1.29 is 13.2 Å². The third-order valence-electron chi connectivity index (χ3n) is 4.71. The Balaban J connectivity index is 1.82. The van der Waals surface area contributed by atoms with Gasteiger partial charge in [0, 0.05) is 11.3 Å². The molecular weight excluding hydrogens is 404 g/mol. The molecule has 0 atom stereocenters. The molecule has 0 aliphatic rings. The second-order valence-corrected chi connectivity index (χ2v) is 8.44. The number of nitrogens with zero attached hydrogens (tertiary/aromatic N) is 2. The monoisotopic (exact) mass is 422 g/mol. The fourth-order valence-electron chi connectivity index (χ4n) is 3.33. The molecule has 4 aromatic rings. The quantitative estimate of drug-likeness (QED) is 0.524. The SMILES string of the molecule is Cc1nc2c(-c3ccccc3)c(C)[nH]n2c(=O)c1C(=O)NS(=O)(=O)c1ccccc1. The third kappa shape index (κ3) is 3.29. The van der Waals surface area contributed by atoms with Crippen LogP contribution >= 0.6 is 0 Å². The Labute approximate surface area is 172 Å². The van der Waals surface area contributed by atoms with Gasteiger partial charge in [0.25, 0.3) is 21.5 Å². The van der Waals surface area contributed by atoms with E-state index in [1.165, 1.54) is 19.1 Å². The molecule has 0 unspecified atom stereocenters. The van der Waals surface area contributed by atoms with Gasteiger partial charge in [0.15, 0.2) is 5.65 Å². The molecule has 1 amide bonds. The highest BCUT2D eigenvalue weighted by atomic mass is 32.2. The van der Waals surface area contributed by atoms with E-state index in [9.17, 15) is 18.0 Å². The smallest absolute Gasteiger partial charge is 0.285 e. The number of benzene rings is 2. The summed E-state index contributed by atoms with van der Waals surface area (Å²) in [5.74, 6) is -1.03. The summed E-state index contributed by atoms with van der Waals surface area (Å²) in [5, 5.41) is 2.92. The first-order chi connectivity index (χ1) is 14.3. The van der Waals surface area contributed by atoms with Gasteiger partial charge >= 0.3 is 0 Å². The van der Waals surface area contributed by atoms with Crippen LogP contribution < -0.4 is 10.3 Å². The number of amides is 1. The van der Waals surface area contributed by atoms with Crippen LogP contribution in [0.5, 0.6) is 0 Å². The number of nitrogens with one attached hydrogen (secondary N) is 2. The van der Waals surface area contributed by atoms with Gasteiger partial charge in [-0.1, -0.05) is 48.5 Å². The molecule has 0 aliphatic carbocycles.